The highest BCUT2D eigenvalue weighted by Crippen LogP contribution is 2.08. The van der Waals surface area contributed by atoms with Gasteiger partial charge in [0.1, 0.15) is 0 Å². The Labute approximate surface area is 79.4 Å². The van der Waals surface area contributed by atoms with E-state index in [0.29, 0.717) is 19.1 Å². The van der Waals surface area contributed by atoms with Gasteiger partial charge in [0.05, 0.1) is 6.61 Å². The molecule has 0 fully saturated rings. The average Bonchev–Trinajstić information content (AvgIpc) is 2.12. The van der Waals surface area contributed by atoms with Gasteiger partial charge >= 0.3 is 14.5 Å². The Morgan fingerprint density at radius 1 is 1.69 bits per heavy atom. The predicted molar refractivity (Wildman–Crippen MR) is 51.4 cm³/mol. The van der Waals surface area contributed by atoms with Crippen molar-refractivity contribution in [3.63, 3.8) is 0 Å². The van der Waals surface area contributed by atoms with Gasteiger partial charge in [0.15, 0.2) is 0 Å². The smallest absolute Gasteiger partial charge is 0.332 e. The van der Waals surface area contributed by atoms with Gasteiger partial charge < -0.3 is 14.0 Å². The zero-order valence-corrected chi connectivity index (χ0v) is 9.08. The lowest BCUT2D eigenvalue weighted by Gasteiger charge is -2.16. The summed E-state index contributed by atoms with van der Waals surface area (Å²) in [6.07, 6.45) is 1.73. The molecule has 0 aromatic carbocycles. The van der Waals surface area contributed by atoms with Crippen molar-refractivity contribution in [3.05, 3.63) is 12.7 Å². The number of rotatable bonds is 6. The van der Waals surface area contributed by atoms with E-state index >= 15 is 0 Å². The highest BCUT2D eigenvalue weighted by molar-refractivity contribution is 6.64. The van der Waals surface area contributed by atoms with E-state index in [1.54, 1.807) is 6.55 Å². The third kappa shape index (κ3) is 6.50. The van der Waals surface area contributed by atoms with Gasteiger partial charge in [-0.1, -0.05) is 6.58 Å². The van der Waals surface area contributed by atoms with Gasteiger partial charge in [0.2, 0.25) is 0 Å². The Bertz CT molecular complexity index is 179. The number of carbonyl (C=O) groups excluding carboxylic acids is 1. The maximum atomic E-state index is 10.6. The third-order valence-corrected chi connectivity index (χ3v) is 3.80. The maximum Gasteiger partial charge on any atom is 0.332 e. The van der Waals surface area contributed by atoms with Crippen LogP contribution in [0.2, 0.25) is 12.6 Å². The van der Waals surface area contributed by atoms with Gasteiger partial charge in [-0.05, 0) is 19.0 Å². The molecule has 0 rings (SSSR count). The van der Waals surface area contributed by atoms with Crippen LogP contribution >= 0.6 is 0 Å². The van der Waals surface area contributed by atoms with E-state index in [1.165, 1.54) is 7.11 Å². The monoisotopic (exact) mass is 204 g/mol. The average molecular weight is 204 g/mol. The fourth-order valence-electron chi connectivity index (χ4n) is 0.734. The van der Waals surface area contributed by atoms with E-state index in [-0.39, 0.29) is 0 Å². The van der Waals surface area contributed by atoms with Crippen molar-refractivity contribution in [2.45, 2.75) is 19.0 Å². The second kappa shape index (κ2) is 5.90. The molecular formula is C8H16O4Si. The zero-order valence-electron chi connectivity index (χ0n) is 8.08. The molecule has 0 saturated heterocycles. The zero-order chi connectivity index (χ0) is 10.3. The standard InChI is InChI=1S/C8H16O4Si/c1-4-8(9)12-6-5-7-13(3,10)11-2/h4,10H,1,5-7H2,2-3H3. The molecule has 0 heterocycles. The molecular weight excluding hydrogens is 188 g/mol. The van der Waals surface area contributed by atoms with Crippen molar-refractivity contribution >= 4 is 14.5 Å². The minimum Gasteiger partial charge on any atom is -0.463 e. The van der Waals surface area contributed by atoms with Gasteiger partial charge in [-0.3, -0.25) is 0 Å². The van der Waals surface area contributed by atoms with E-state index in [9.17, 15) is 9.59 Å². The van der Waals surface area contributed by atoms with Crippen LogP contribution in [-0.4, -0.2) is 33.0 Å². The van der Waals surface area contributed by atoms with Gasteiger partial charge in [-0.15, -0.1) is 0 Å². The summed E-state index contributed by atoms with van der Waals surface area (Å²) in [5.41, 5.74) is 0. The first kappa shape index (κ1) is 12.3. The summed E-state index contributed by atoms with van der Waals surface area (Å²) in [6, 6.07) is 0.563. The van der Waals surface area contributed by atoms with Crippen molar-refractivity contribution < 1.29 is 18.8 Å². The molecule has 13 heavy (non-hydrogen) atoms. The molecule has 4 nitrogen and oxygen atoms in total. The van der Waals surface area contributed by atoms with Crippen LogP contribution in [0.1, 0.15) is 6.42 Å². The SMILES string of the molecule is C=CC(=O)OCCC[Si](C)(O)OC. The van der Waals surface area contributed by atoms with E-state index < -0.39 is 14.5 Å². The number of hydrogen-bond acceptors (Lipinski definition) is 4. The van der Waals surface area contributed by atoms with Crippen LogP contribution in [0.4, 0.5) is 0 Å². The summed E-state index contributed by atoms with van der Waals surface area (Å²) in [6.45, 7) is 5.26. The van der Waals surface area contributed by atoms with Crippen molar-refractivity contribution in [2.24, 2.45) is 0 Å². The summed E-state index contributed by atoms with van der Waals surface area (Å²) in [7, 11) is -0.989. The molecule has 0 aromatic heterocycles. The number of carbonyl (C=O) groups is 1. The van der Waals surface area contributed by atoms with Crippen molar-refractivity contribution in [1.82, 2.24) is 0 Å². The molecule has 0 aliphatic carbocycles. The minimum atomic E-state index is -2.48. The Morgan fingerprint density at radius 2 is 2.31 bits per heavy atom. The second-order valence-corrected chi connectivity index (χ2v) is 6.11. The van der Waals surface area contributed by atoms with Gasteiger partial charge in [0, 0.05) is 13.2 Å². The first-order valence-electron chi connectivity index (χ1n) is 4.08. The van der Waals surface area contributed by atoms with Crippen LogP contribution in [0.3, 0.4) is 0 Å². The molecule has 1 atom stereocenters. The molecule has 76 valence electrons. The van der Waals surface area contributed by atoms with Crippen LogP contribution < -0.4 is 0 Å². The Hall–Kier alpha value is -0.653. The molecule has 1 N–H and O–H groups in total. The third-order valence-electron chi connectivity index (χ3n) is 1.64. The lowest BCUT2D eigenvalue weighted by atomic mass is 10.5. The molecule has 5 heteroatoms. The molecule has 0 radical (unpaired) electrons. The fraction of sp³-hybridized carbons (Fsp3) is 0.625. The topological polar surface area (TPSA) is 55.8 Å². The molecule has 0 bridgehead atoms. The van der Waals surface area contributed by atoms with Crippen molar-refractivity contribution in [1.29, 1.82) is 0 Å². The highest BCUT2D eigenvalue weighted by Gasteiger charge is 2.24. The van der Waals surface area contributed by atoms with Crippen LogP contribution in [-0.2, 0) is 14.0 Å². The quantitative estimate of drug-likeness (QED) is 0.301. The van der Waals surface area contributed by atoms with Gasteiger partial charge in [-0.2, -0.15) is 0 Å². The summed E-state index contributed by atoms with van der Waals surface area (Å²) >= 11 is 0. The Kier molecular flexibility index (Phi) is 5.61. The van der Waals surface area contributed by atoms with Crippen LogP contribution in [0.25, 0.3) is 0 Å². The number of hydrogen-bond donors (Lipinski definition) is 1. The largest absolute Gasteiger partial charge is 0.463 e. The van der Waals surface area contributed by atoms with Crippen LogP contribution in [0.15, 0.2) is 12.7 Å². The summed E-state index contributed by atoms with van der Waals surface area (Å²) in [5.74, 6) is -0.432. The first-order chi connectivity index (χ1) is 6.02. The van der Waals surface area contributed by atoms with E-state index in [1.807, 2.05) is 0 Å². The van der Waals surface area contributed by atoms with Gasteiger partial charge in [0.25, 0.3) is 0 Å². The van der Waals surface area contributed by atoms with E-state index in [0.717, 1.165) is 6.08 Å². The fourth-order valence-corrected chi connectivity index (χ4v) is 1.74. The van der Waals surface area contributed by atoms with Crippen LogP contribution in [0.5, 0.6) is 0 Å². The Balaban J connectivity index is 3.46. The minimum absolute atomic E-state index is 0.303. The number of esters is 1. The maximum absolute atomic E-state index is 10.6. The lowest BCUT2D eigenvalue weighted by molar-refractivity contribution is -0.137. The molecule has 0 amide bonds. The van der Waals surface area contributed by atoms with Gasteiger partial charge in [-0.25, -0.2) is 4.79 Å². The summed E-state index contributed by atoms with van der Waals surface area (Å²) in [5, 5.41) is 0. The molecule has 0 spiro atoms. The Morgan fingerprint density at radius 3 is 2.77 bits per heavy atom. The summed E-state index contributed by atoms with van der Waals surface area (Å²) < 4.78 is 9.63. The molecule has 0 saturated carbocycles. The summed E-state index contributed by atoms with van der Waals surface area (Å²) in [4.78, 5) is 20.1. The normalized spacial score (nSPS) is 14.7. The van der Waals surface area contributed by atoms with Crippen molar-refractivity contribution in [3.8, 4) is 0 Å². The predicted octanol–water partition coefficient (Wildman–Crippen LogP) is 0.816. The second-order valence-electron chi connectivity index (χ2n) is 2.85. The molecule has 1 unspecified atom stereocenters. The number of ether oxygens (including phenoxy) is 1. The van der Waals surface area contributed by atoms with Crippen LogP contribution in [0, 0.1) is 0 Å². The highest BCUT2D eigenvalue weighted by atomic mass is 28.4. The molecule has 0 aliphatic rings. The molecule has 0 aromatic rings. The lowest BCUT2D eigenvalue weighted by Crippen LogP contribution is -2.33. The first-order valence-corrected chi connectivity index (χ1v) is 6.65. The van der Waals surface area contributed by atoms with Crippen molar-refractivity contribution in [2.75, 3.05) is 13.7 Å². The molecule has 0 aliphatic heterocycles. The van der Waals surface area contributed by atoms with E-state index in [2.05, 4.69) is 6.58 Å². The van der Waals surface area contributed by atoms with E-state index in [4.69, 9.17) is 9.16 Å².